The molecule has 8 nitrogen and oxygen atoms in total. The summed E-state index contributed by atoms with van der Waals surface area (Å²) >= 11 is 1.23. The van der Waals surface area contributed by atoms with Crippen LogP contribution in [0.3, 0.4) is 0 Å². The van der Waals surface area contributed by atoms with Crippen LogP contribution in [0.15, 0.2) is 5.16 Å². The summed E-state index contributed by atoms with van der Waals surface area (Å²) in [4.78, 5) is 25.1. The second kappa shape index (κ2) is 8.30. The predicted molar refractivity (Wildman–Crippen MR) is 84.4 cm³/mol. The highest BCUT2D eigenvalue weighted by atomic mass is 32.2. The van der Waals surface area contributed by atoms with E-state index in [0.717, 1.165) is 6.42 Å². The van der Waals surface area contributed by atoms with Gasteiger partial charge in [-0.2, -0.15) is 0 Å². The van der Waals surface area contributed by atoms with Crippen molar-refractivity contribution in [1.82, 2.24) is 19.7 Å². The van der Waals surface area contributed by atoms with Crippen molar-refractivity contribution in [2.75, 3.05) is 25.4 Å². The minimum atomic E-state index is -0.947. The Labute approximate surface area is 139 Å². The Bertz CT molecular complexity index is 563. The van der Waals surface area contributed by atoms with E-state index >= 15 is 0 Å². The van der Waals surface area contributed by atoms with Crippen LogP contribution in [0.25, 0.3) is 0 Å². The first-order chi connectivity index (χ1) is 11.0. The van der Waals surface area contributed by atoms with E-state index in [0.29, 0.717) is 37.1 Å². The number of amides is 1. The average Bonchev–Trinajstić information content (AvgIpc) is 2.87. The number of ether oxygens (including phenoxy) is 1. The van der Waals surface area contributed by atoms with Gasteiger partial charge in [-0.25, -0.2) is 0 Å². The van der Waals surface area contributed by atoms with E-state index in [1.54, 1.807) is 9.47 Å². The summed E-state index contributed by atoms with van der Waals surface area (Å²) in [5.41, 5.74) is 0. The van der Waals surface area contributed by atoms with Gasteiger partial charge in [-0.15, -0.1) is 10.2 Å². The summed E-state index contributed by atoms with van der Waals surface area (Å²) in [5.74, 6) is -0.0781. The summed E-state index contributed by atoms with van der Waals surface area (Å²) in [6.07, 6.45) is 1.56. The SMILES string of the molecule is CCCc1nnc(SCC(=O)N2CCOC(C)C2)n1CC(=O)O. The molecule has 0 radical (unpaired) electrons. The van der Waals surface area contributed by atoms with E-state index in [9.17, 15) is 9.59 Å². The van der Waals surface area contributed by atoms with Gasteiger partial charge in [0.25, 0.3) is 0 Å². The molecule has 1 aliphatic heterocycles. The largest absolute Gasteiger partial charge is 0.480 e. The molecule has 1 saturated heterocycles. The number of aliphatic carboxylic acids is 1. The van der Waals surface area contributed by atoms with E-state index in [1.807, 2.05) is 13.8 Å². The number of nitrogens with zero attached hydrogens (tertiary/aromatic N) is 4. The first-order valence-electron chi connectivity index (χ1n) is 7.67. The van der Waals surface area contributed by atoms with Gasteiger partial charge in [0.1, 0.15) is 12.4 Å². The number of aromatic nitrogens is 3. The highest BCUT2D eigenvalue weighted by Gasteiger charge is 2.22. The molecule has 0 aromatic carbocycles. The molecule has 128 valence electrons. The lowest BCUT2D eigenvalue weighted by Crippen LogP contribution is -2.45. The molecule has 2 rings (SSSR count). The van der Waals surface area contributed by atoms with Gasteiger partial charge < -0.3 is 14.7 Å². The fourth-order valence-electron chi connectivity index (χ4n) is 2.39. The number of hydrogen-bond acceptors (Lipinski definition) is 6. The first-order valence-corrected chi connectivity index (χ1v) is 8.65. The molecule has 23 heavy (non-hydrogen) atoms. The molecule has 1 amide bonds. The number of rotatable bonds is 7. The zero-order valence-corrected chi connectivity index (χ0v) is 14.2. The molecule has 0 saturated carbocycles. The Morgan fingerprint density at radius 1 is 1.43 bits per heavy atom. The van der Waals surface area contributed by atoms with Crippen LogP contribution in [-0.2, 0) is 27.3 Å². The molecule has 0 spiro atoms. The van der Waals surface area contributed by atoms with Crippen LogP contribution in [0.4, 0.5) is 0 Å². The van der Waals surface area contributed by atoms with Gasteiger partial charge >= 0.3 is 5.97 Å². The molecule has 1 aliphatic rings. The highest BCUT2D eigenvalue weighted by Crippen LogP contribution is 2.19. The fraction of sp³-hybridized carbons (Fsp3) is 0.714. The highest BCUT2D eigenvalue weighted by molar-refractivity contribution is 7.99. The average molecular weight is 342 g/mol. The van der Waals surface area contributed by atoms with Crippen molar-refractivity contribution in [2.45, 2.75) is 44.5 Å². The van der Waals surface area contributed by atoms with Crippen molar-refractivity contribution in [3.05, 3.63) is 5.82 Å². The number of carbonyl (C=O) groups is 2. The predicted octanol–water partition coefficient (Wildman–Crippen LogP) is 0.655. The van der Waals surface area contributed by atoms with Crippen molar-refractivity contribution in [3.8, 4) is 0 Å². The quantitative estimate of drug-likeness (QED) is 0.727. The van der Waals surface area contributed by atoms with Crippen LogP contribution in [0.5, 0.6) is 0 Å². The van der Waals surface area contributed by atoms with Crippen molar-refractivity contribution in [1.29, 1.82) is 0 Å². The number of thioether (sulfide) groups is 1. The number of morpholine rings is 1. The number of hydrogen-bond donors (Lipinski definition) is 1. The topological polar surface area (TPSA) is 97.6 Å². The minimum absolute atomic E-state index is 0.00654. The third-order valence-corrected chi connectivity index (χ3v) is 4.43. The smallest absolute Gasteiger partial charge is 0.323 e. The van der Waals surface area contributed by atoms with Gasteiger partial charge in [0, 0.05) is 19.5 Å². The summed E-state index contributed by atoms with van der Waals surface area (Å²) < 4.78 is 7.00. The maximum Gasteiger partial charge on any atom is 0.323 e. The molecule has 9 heteroatoms. The van der Waals surface area contributed by atoms with Crippen molar-refractivity contribution < 1.29 is 19.4 Å². The Morgan fingerprint density at radius 3 is 2.87 bits per heavy atom. The Balaban J connectivity index is 1.99. The second-order valence-corrected chi connectivity index (χ2v) is 6.38. The van der Waals surface area contributed by atoms with Gasteiger partial charge in [-0.1, -0.05) is 18.7 Å². The second-order valence-electron chi connectivity index (χ2n) is 5.44. The molecular weight excluding hydrogens is 320 g/mol. The van der Waals surface area contributed by atoms with Crippen LogP contribution < -0.4 is 0 Å². The summed E-state index contributed by atoms with van der Waals surface area (Å²) in [6.45, 7) is 5.47. The molecule has 1 aromatic rings. The van der Waals surface area contributed by atoms with E-state index in [4.69, 9.17) is 9.84 Å². The zero-order valence-electron chi connectivity index (χ0n) is 13.4. The molecule has 0 bridgehead atoms. The van der Waals surface area contributed by atoms with E-state index in [-0.39, 0.29) is 24.3 Å². The Morgan fingerprint density at radius 2 is 2.22 bits per heavy atom. The monoisotopic (exact) mass is 342 g/mol. The maximum atomic E-state index is 12.3. The summed E-state index contributed by atoms with van der Waals surface area (Å²) in [6, 6.07) is 0. The van der Waals surface area contributed by atoms with Gasteiger partial charge in [-0.05, 0) is 13.3 Å². The van der Waals surface area contributed by atoms with Gasteiger partial charge in [0.2, 0.25) is 5.91 Å². The fourth-order valence-corrected chi connectivity index (χ4v) is 3.25. The molecule has 1 N–H and O–H groups in total. The lowest BCUT2D eigenvalue weighted by molar-refractivity contribution is -0.138. The van der Waals surface area contributed by atoms with Crippen molar-refractivity contribution in [3.63, 3.8) is 0 Å². The molecule has 2 heterocycles. The lowest BCUT2D eigenvalue weighted by Gasteiger charge is -2.31. The van der Waals surface area contributed by atoms with E-state index in [1.165, 1.54) is 11.8 Å². The first kappa shape index (κ1) is 17.7. The van der Waals surface area contributed by atoms with Gasteiger partial charge in [0.15, 0.2) is 5.16 Å². The normalized spacial score (nSPS) is 18.2. The van der Waals surface area contributed by atoms with Crippen LogP contribution >= 0.6 is 11.8 Å². The van der Waals surface area contributed by atoms with Crippen LogP contribution in [0.2, 0.25) is 0 Å². The molecule has 1 atom stereocenters. The van der Waals surface area contributed by atoms with E-state index < -0.39 is 5.97 Å². The third kappa shape index (κ3) is 4.93. The van der Waals surface area contributed by atoms with Crippen LogP contribution in [0, 0.1) is 0 Å². The summed E-state index contributed by atoms with van der Waals surface area (Å²) in [5, 5.41) is 17.6. The minimum Gasteiger partial charge on any atom is -0.480 e. The van der Waals surface area contributed by atoms with Crippen molar-refractivity contribution >= 4 is 23.6 Å². The van der Waals surface area contributed by atoms with Gasteiger partial charge in [-0.3, -0.25) is 14.2 Å². The lowest BCUT2D eigenvalue weighted by atomic mass is 10.3. The molecule has 1 fully saturated rings. The maximum absolute atomic E-state index is 12.3. The molecule has 1 unspecified atom stereocenters. The van der Waals surface area contributed by atoms with Gasteiger partial charge in [0.05, 0.1) is 18.5 Å². The Kier molecular flexibility index (Phi) is 6.40. The molecule has 1 aromatic heterocycles. The van der Waals surface area contributed by atoms with Crippen LogP contribution in [-0.4, -0.2) is 68.2 Å². The number of carbonyl (C=O) groups excluding carboxylic acids is 1. The number of carboxylic acids is 1. The van der Waals surface area contributed by atoms with E-state index in [2.05, 4.69) is 10.2 Å². The van der Waals surface area contributed by atoms with Crippen LogP contribution in [0.1, 0.15) is 26.1 Å². The molecular formula is C14H22N4O4S. The summed E-state index contributed by atoms with van der Waals surface area (Å²) in [7, 11) is 0. The number of carboxylic acid groups (broad SMARTS) is 1. The standard InChI is InChI=1S/C14H22N4O4S/c1-3-4-11-15-16-14(18(11)8-13(20)21)23-9-12(19)17-5-6-22-10(2)7-17/h10H,3-9H2,1-2H3,(H,20,21). The zero-order chi connectivity index (χ0) is 16.8. The third-order valence-electron chi connectivity index (χ3n) is 3.48. The van der Waals surface area contributed by atoms with Crippen molar-refractivity contribution in [2.24, 2.45) is 0 Å². The molecule has 0 aliphatic carbocycles. The number of aryl methyl sites for hydroxylation is 1. The Hall–Kier alpha value is -1.61.